The summed E-state index contributed by atoms with van der Waals surface area (Å²) in [6.07, 6.45) is 0. The zero-order chi connectivity index (χ0) is 11.4. The Hall–Kier alpha value is -0.820. The van der Waals surface area contributed by atoms with Crippen LogP contribution in [0.3, 0.4) is 0 Å². The van der Waals surface area contributed by atoms with Gasteiger partial charge in [-0.25, -0.2) is 0 Å². The largest absolute Gasteiger partial charge is 0.396 e. The highest BCUT2D eigenvalue weighted by Crippen LogP contribution is 2.25. The molecule has 0 aromatic heterocycles. The van der Waals surface area contributed by atoms with Crippen molar-refractivity contribution in [2.24, 2.45) is 5.92 Å². The van der Waals surface area contributed by atoms with Crippen molar-refractivity contribution in [3.63, 3.8) is 0 Å². The zero-order valence-electron chi connectivity index (χ0n) is 10.2. The van der Waals surface area contributed by atoms with E-state index in [0.717, 1.165) is 0 Å². The van der Waals surface area contributed by atoms with Crippen molar-refractivity contribution in [2.75, 3.05) is 6.61 Å². The van der Waals surface area contributed by atoms with Crippen LogP contribution < -0.4 is 0 Å². The van der Waals surface area contributed by atoms with Gasteiger partial charge in [0.2, 0.25) is 0 Å². The molecule has 0 saturated carbocycles. The third kappa shape index (κ3) is 3.07. The molecule has 0 radical (unpaired) electrons. The van der Waals surface area contributed by atoms with E-state index in [0.29, 0.717) is 11.8 Å². The molecule has 0 saturated heterocycles. The normalized spacial score (nSPS) is 15.3. The maximum Gasteiger partial charge on any atom is 0.0497 e. The lowest BCUT2D eigenvalue weighted by Gasteiger charge is -2.17. The molecule has 1 heteroatoms. The molecule has 0 aliphatic carbocycles. The maximum absolute atomic E-state index is 9.05. The van der Waals surface area contributed by atoms with Gasteiger partial charge < -0.3 is 5.11 Å². The third-order valence-electron chi connectivity index (χ3n) is 3.31. The maximum atomic E-state index is 9.05. The smallest absolute Gasteiger partial charge is 0.0497 e. The molecule has 1 nitrogen and oxygen atoms in total. The number of aliphatic hydroxyl groups excluding tert-OH is 1. The van der Waals surface area contributed by atoms with Gasteiger partial charge in [-0.15, -0.1) is 0 Å². The van der Waals surface area contributed by atoms with Crippen LogP contribution in [-0.2, 0) is 0 Å². The number of hydrogen-bond acceptors (Lipinski definition) is 1. The molecule has 0 aliphatic rings. The van der Waals surface area contributed by atoms with Gasteiger partial charge in [0.15, 0.2) is 0 Å². The molecule has 0 heterocycles. The molecule has 0 aliphatic heterocycles. The average molecular weight is 206 g/mol. The Labute approximate surface area is 93.1 Å². The lowest BCUT2D eigenvalue weighted by molar-refractivity contribution is 0.273. The summed E-state index contributed by atoms with van der Waals surface area (Å²) >= 11 is 0. The lowest BCUT2D eigenvalue weighted by Crippen LogP contribution is -2.03. The summed E-state index contributed by atoms with van der Waals surface area (Å²) in [4.78, 5) is 0. The van der Waals surface area contributed by atoms with Crippen molar-refractivity contribution in [3.05, 3.63) is 35.4 Å². The Morgan fingerprint density at radius 3 is 1.80 bits per heavy atom. The van der Waals surface area contributed by atoms with Crippen molar-refractivity contribution in [3.8, 4) is 0 Å². The fraction of sp³-hybridized carbons (Fsp3) is 0.571. The third-order valence-corrected chi connectivity index (χ3v) is 3.31. The van der Waals surface area contributed by atoms with Gasteiger partial charge in [0.05, 0.1) is 0 Å². The molecule has 2 atom stereocenters. The molecule has 84 valence electrons. The highest BCUT2D eigenvalue weighted by Gasteiger charge is 2.10. The number of benzene rings is 1. The van der Waals surface area contributed by atoms with E-state index < -0.39 is 0 Å². The predicted octanol–water partition coefficient (Wildman–Crippen LogP) is 3.54. The summed E-state index contributed by atoms with van der Waals surface area (Å²) in [6, 6.07) is 8.64. The van der Waals surface area contributed by atoms with Gasteiger partial charge in [-0.05, 0) is 23.0 Å². The molecule has 1 aromatic rings. The van der Waals surface area contributed by atoms with E-state index in [-0.39, 0.29) is 12.5 Å². The summed E-state index contributed by atoms with van der Waals surface area (Å²) in [6.45, 7) is 9.01. The highest BCUT2D eigenvalue weighted by atomic mass is 16.3. The first-order valence-corrected chi connectivity index (χ1v) is 5.77. The monoisotopic (exact) mass is 206 g/mol. The Balaban J connectivity index is 2.80. The first-order valence-electron chi connectivity index (χ1n) is 5.77. The van der Waals surface area contributed by atoms with E-state index >= 15 is 0 Å². The van der Waals surface area contributed by atoms with E-state index in [1.807, 2.05) is 6.92 Å². The molecule has 2 unspecified atom stereocenters. The van der Waals surface area contributed by atoms with Crippen LogP contribution in [0.15, 0.2) is 24.3 Å². The Morgan fingerprint density at radius 1 is 0.933 bits per heavy atom. The molecular weight excluding hydrogens is 184 g/mol. The second kappa shape index (κ2) is 5.32. The van der Waals surface area contributed by atoms with Gasteiger partial charge in [-0.3, -0.25) is 0 Å². The minimum Gasteiger partial charge on any atom is -0.396 e. The summed E-state index contributed by atoms with van der Waals surface area (Å²) in [5, 5.41) is 9.05. The fourth-order valence-corrected chi connectivity index (χ4v) is 1.62. The molecule has 0 bridgehead atoms. The van der Waals surface area contributed by atoms with E-state index in [9.17, 15) is 0 Å². The molecule has 0 amide bonds. The molecule has 1 aromatic carbocycles. The first-order chi connectivity index (χ1) is 7.06. The average Bonchev–Trinajstić information content (AvgIpc) is 2.27. The van der Waals surface area contributed by atoms with Crippen LogP contribution >= 0.6 is 0 Å². The van der Waals surface area contributed by atoms with Crippen LogP contribution in [0.1, 0.15) is 50.7 Å². The van der Waals surface area contributed by atoms with Gasteiger partial charge in [-0.2, -0.15) is 0 Å². The lowest BCUT2D eigenvalue weighted by atomic mass is 9.89. The Morgan fingerprint density at radius 2 is 1.40 bits per heavy atom. The Kier molecular flexibility index (Phi) is 4.34. The summed E-state index contributed by atoms with van der Waals surface area (Å²) in [5.41, 5.74) is 2.61. The van der Waals surface area contributed by atoms with Crippen LogP contribution in [0.2, 0.25) is 0 Å². The quantitative estimate of drug-likeness (QED) is 0.799. The van der Waals surface area contributed by atoms with Gasteiger partial charge >= 0.3 is 0 Å². The molecule has 0 fully saturated rings. The minimum absolute atomic E-state index is 0.221. The van der Waals surface area contributed by atoms with Crippen molar-refractivity contribution >= 4 is 0 Å². The molecular formula is C14H22O. The van der Waals surface area contributed by atoms with Crippen LogP contribution in [0.5, 0.6) is 0 Å². The Bertz CT molecular complexity index is 287. The number of rotatable bonds is 4. The van der Waals surface area contributed by atoms with E-state index in [2.05, 4.69) is 45.0 Å². The van der Waals surface area contributed by atoms with Crippen LogP contribution in [0.25, 0.3) is 0 Å². The molecule has 0 spiro atoms. The second-order valence-electron chi connectivity index (χ2n) is 4.78. The number of aliphatic hydroxyl groups is 1. The first kappa shape index (κ1) is 12.3. The number of hydrogen-bond donors (Lipinski definition) is 1. The van der Waals surface area contributed by atoms with Crippen molar-refractivity contribution in [2.45, 2.75) is 39.5 Å². The van der Waals surface area contributed by atoms with Crippen LogP contribution in [0.4, 0.5) is 0 Å². The summed E-state index contributed by atoms with van der Waals surface area (Å²) in [7, 11) is 0. The van der Waals surface area contributed by atoms with Gasteiger partial charge in [0.25, 0.3) is 0 Å². The van der Waals surface area contributed by atoms with Crippen LogP contribution in [0, 0.1) is 5.92 Å². The molecule has 1 N–H and O–H groups in total. The van der Waals surface area contributed by atoms with Crippen molar-refractivity contribution in [1.82, 2.24) is 0 Å². The fourth-order valence-electron chi connectivity index (χ4n) is 1.62. The molecule has 15 heavy (non-hydrogen) atoms. The second-order valence-corrected chi connectivity index (χ2v) is 4.78. The van der Waals surface area contributed by atoms with E-state index in [1.165, 1.54) is 11.1 Å². The standard InChI is InChI=1S/C14H22O/c1-10(2)12(4)14-7-5-13(6-8-14)11(3)9-15/h5-8,10-12,15H,9H2,1-4H3. The summed E-state index contributed by atoms with van der Waals surface area (Å²) < 4.78 is 0. The topological polar surface area (TPSA) is 20.2 Å². The molecule has 1 rings (SSSR count). The predicted molar refractivity (Wildman–Crippen MR) is 65.2 cm³/mol. The SMILES string of the molecule is CC(CO)c1ccc(C(C)C(C)C)cc1. The van der Waals surface area contributed by atoms with Gasteiger partial charge in [-0.1, -0.05) is 52.0 Å². The van der Waals surface area contributed by atoms with Gasteiger partial charge in [0.1, 0.15) is 0 Å². The highest BCUT2D eigenvalue weighted by molar-refractivity contribution is 5.27. The van der Waals surface area contributed by atoms with Crippen LogP contribution in [-0.4, -0.2) is 11.7 Å². The zero-order valence-corrected chi connectivity index (χ0v) is 10.2. The van der Waals surface area contributed by atoms with E-state index in [1.54, 1.807) is 0 Å². The van der Waals surface area contributed by atoms with Crippen molar-refractivity contribution in [1.29, 1.82) is 0 Å². The summed E-state index contributed by atoms with van der Waals surface area (Å²) in [5.74, 6) is 1.52. The van der Waals surface area contributed by atoms with E-state index in [4.69, 9.17) is 5.11 Å². The van der Waals surface area contributed by atoms with Crippen molar-refractivity contribution < 1.29 is 5.11 Å². The van der Waals surface area contributed by atoms with Gasteiger partial charge in [0, 0.05) is 12.5 Å². The minimum atomic E-state index is 0.221.